The van der Waals surface area contributed by atoms with Crippen molar-refractivity contribution in [2.24, 2.45) is 0 Å². The lowest BCUT2D eigenvalue weighted by Crippen LogP contribution is -2.05. The number of ether oxygens (including phenoxy) is 2. The molecule has 0 aliphatic carbocycles. The Balaban J connectivity index is 2.44. The molecule has 0 fully saturated rings. The topological polar surface area (TPSA) is 61.5 Å². The molecule has 104 valence electrons. The molecule has 20 heavy (non-hydrogen) atoms. The Morgan fingerprint density at radius 3 is 2.65 bits per heavy atom. The van der Waals surface area contributed by atoms with Gasteiger partial charge < -0.3 is 15.2 Å². The first kappa shape index (κ1) is 13.9. The molecule has 0 bridgehead atoms. The summed E-state index contributed by atoms with van der Waals surface area (Å²) < 4.78 is 10.7. The molecule has 0 saturated carbocycles. The molecule has 2 N–H and O–H groups in total. The van der Waals surface area contributed by atoms with Crippen molar-refractivity contribution in [3.05, 3.63) is 53.6 Å². The molecule has 0 atom stereocenters. The zero-order chi connectivity index (χ0) is 14.5. The van der Waals surface area contributed by atoms with Crippen LogP contribution in [0.25, 0.3) is 0 Å². The van der Waals surface area contributed by atoms with Gasteiger partial charge in [0.1, 0.15) is 11.5 Å². The third kappa shape index (κ3) is 2.91. The van der Waals surface area contributed by atoms with Crippen LogP contribution in [0.5, 0.6) is 11.5 Å². The van der Waals surface area contributed by atoms with Crippen molar-refractivity contribution >= 4 is 11.5 Å². The fraction of sp³-hybridized carbons (Fsp3) is 0.188. The fourth-order valence-corrected chi connectivity index (χ4v) is 1.96. The van der Waals surface area contributed by atoms with Gasteiger partial charge in [-0.2, -0.15) is 0 Å². The van der Waals surface area contributed by atoms with Crippen molar-refractivity contribution in [1.82, 2.24) is 0 Å². The van der Waals surface area contributed by atoms with Gasteiger partial charge in [0, 0.05) is 11.3 Å². The molecule has 0 spiro atoms. The predicted octanol–water partition coefficient (Wildman–Crippen LogP) is 2.91. The maximum Gasteiger partial charge on any atom is 0.196 e. The number of rotatable bonds is 5. The molecule has 0 unspecified atom stereocenters. The number of hydrogen-bond donors (Lipinski definition) is 1. The van der Waals surface area contributed by atoms with E-state index in [0.717, 1.165) is 0 Å². The van der Waals surface area contributed by atoms with E-state index in [1.54, 1.807) is 42.5 Å². The standard InChI is InChI=1S/C16H17NO3/c1-3-20-13-7-8-15(19-2)14(10-13)16(18)11-5-4-6-12(17)9-11/h4-10H,3,17H2,1-2H3. The monoisotopic (exact) mass is 271 g/mol. The van der Waals surface area contributed by atoms with Crippen LogP contribution < -0.4 is 15.2 Å². The van der Waals surface area contributed by atoms with E-state index in [1.165, 1.54) is 7.11 Å². The van der Waals surface area contributed by atoms with Gasteiger partial charge in [-0.15, -0.1) is 0 Å². The van der Waals surface area contributed by atoms with Crippen molar-refractivity contribution in [3.63, 3.8) is 0 Å². The van der Waals surface area contributed by atoms with Crippen LogP contribution in [-0.4, -0.2) is 19.5 Å². The zero-order valence-corrected chi connectivity index (χ0v) is 11.6. The van der Waals surface area contributed by atoms with Gasteiger partial charge in [-0.3, -0.25) is 4.79 Å². The Labute approximate surface area is 118 Å². The summed E-state index contributed by atoms with van der Waals surface area (Å²) >= 11 is 0. The summed E-state index contributed by atoms with van der Waals surface area (Å²) in [6, 6.07) is 12.1. The molecule has 2 aromatic rings. The van der Waals surface area contributed by atoms with Crippen molar-refractivity contribution in [1.29, 1.82) is 0 Å². The minimum atomic E-state index is -0.143. The maximum absolute atomic E-state index is 12.5. The average Bonchev–Trinajstić information content (AvgIpc) is 2.47. The molecular formula is C16H17NO3. The highest BCUT2D eigenvalue weighted by molar-refractivity contribution is 6.11. The lowest BCUT2D eigenvalue weighted by Gasteiger charge is -2.10. The smallest absolute Gasteiger partial charge is 0.196 e. The van der Waals surface area contributed by atoms with Crippen molar-refractivity contribution < 1.29 is 14.3 Å². The SMILES string of the molecule is CCOc1ccc(OC)c(C(=O)c2cccc(N)c2)c1. The van der Waals surface area contributed by atoms with E-state index >= 15 is 0 Å². The van der Waals surface area contributed by atoms with Gasteiger partial charge in [-0.25, -0.2) is 0 Å². The van der Waals surface area contributed by atoms with E-state index in [0.29, 0.717) is 34.9 Å². The molecule has 2 rings (SSSR count). The van der Waals surface area contributed by atoms with Crippen LogP contribution >= 0.6 is 0 Å². The van der Waals surface area contributed by atoms with Gasteiger partial charge in [0.2, 0.25) is 0 Å². The van der Waals surface area contributed by atoms with E-state index in [-0.39, 0.29) is 5.78 Å². The maximum atomic E-state index is 12.5. The number of methoxy groups -OCH3 is 1. The van der Waals surface area contributed by atoms with Crippen LogP contribution in [0, 0.1) is 0 Å². The van der Waals surface area contributed by atoms with Crippen LogP contribution in [0.15, 0.2) is 42.5 Å². The summed E-state index contributed by atoms with van der Waals surface area (Å²) in [5.41, 5.74) is 7.25. The van der Waals surface area contributed by atoms with Gasteiger partial charge in [0.05, 0.1) is 19.3 Å². The molecule has 2 aromatic carbocycles. The van der Waals surface area contributed by atoms with Crippen LogP contribution in [-0.2, 0) is 0 Å². The molecule has 0 saturated heterocycles. The third-order valence-corrected chi connectivity index (χ3v) is 2.88. The van der Waals surface area contributed by atoms with E-state index in [9.17, 15) is 4.79 Å². The quantitative estimate of drug-likeness (QED) is 0.671. The Morgan fingerprint density at radius 2 is 2.00 bits per heavy atom. The van der Waals surface area contributed by atoms with E-state index in [4.69, 9.17) is 15.2 Å². The first-order valence-corrected chi connectivity index (χ1v) is 6.36. The van der Waals surface area contributed by atoms with E-state index in [2.05, 4.69) is 0 Å². The van der Waals surface area contributed by atoms with Gasteiger partial charge in [0.25, 0.3) is 0 Å². The second kappa shape index (κ2) is 6.10. The number of carbonyl (C=O) groups is 1. The molecule has 4 nitrogen and oxygen atoms in total. The third-order valence-electron chi connectivity index (χ3n) is 2.88. The zero-order valence-electron chi connectivity index (χ0n) is 11.6. The van der Waals surface area contributed by atoms with Crippen molar-refractivity contribution in [2.45, 2.75) is 6.92 Å². The molecule has 0 radical (unpaired) electrons. The van der Waals surface area contributed by atoms with Crippen LogP contribution in [0.4, 0.5) is 5.69 Å². The number of ketones is 1. The normalized spacial score (nSPS) is 10.1. The number of anilines is 1. The lowest BCUT2D eigenvalue weighted by atomic mass is 10.0. The Morgan fingerprint density at radius 1 is 1.20 bits per heavy atom. The number of nitrogen functional groups attached to an aromatic ring is 1. The van der Waals surface area contributed by atoms with Gasteiger partial charge in [-0.1, -0.05) is 12.1 Å². The predicted molar refractivity (Wildman–Crippen MR) is 78.4 cm³/mol. The minimum Gasteiger partial charge on any atom is -0.496 e. The highest BCUT2D eigenvalue weighted by atomic mass is 16.5. The Kier molecular flexibility index (Phi) is 4.25. The first-order chi connectivity index (χ1) is 9.65. The summed E-state index contributed by atoms with van der Waals surface area (Å²) in [4.78, 5) is 12.5. The van der Waals surface area contributed by atoms with Crippen LogP contribution in [0.1, 0.15) is 22.8 Å². The van der Waals surface area contributed by atoms with E-state index < -0.39 is 0 Å². The second-order valence-corrected chi connectivity index (χ2v) is 4.25. The van der Waals surface area contributed by atoms with Gasteiger partial charge >= 0.3 is 0 Å². The molecule has 4 heteroatoms. The van der Waals surface area contributed by atoms with Crippen molar-refractivity contribution in [2.75, 3.05) is 19.5 Å². The number of carbonyl (C=O) groups excluding carboxylic acids is 1. The minimum absolute atomic E-state index is 0.143. The molecule has 0 aromatic heterocycles. The number of benzene rings is 2. The number of nitrogens with two attached hydrogens (primary N) is 1. The molecule has 0 aliphatic heterocycles. The van der Waals surface area contributed by atoms with Crippen molar-refractivity contribution in [3.8, 4) is 11.5 Å². The fourth-order valence-electron chi connectivity index (χ4n) is 1.96. The number of hydrogen-bond acceptors (Lipinski definition) is 4. The second-order valence-electron chi connectivity index (χ2n) is 4.25. The summed E-state index contributed by atoms with van der Waals surface area (Å²) in [6.45, 7) is 2.43. The Bertz CT molecular complexity index is 623. The lowest BCUT2D eigenvalue weighted by molar-refractivity contribution is 0.103. The summed E-state index contributed by atoms with van der Waals surface area (Å²) in [6.07, 6.45) is 0. The molecule has 0 aliphatic rings. The largest absolute Gasteiger partial charge is 0.496 e. The Hall–Kier alpha value is -2.49. The van der Waals surface area contributed by atoms with Crippen LogP contribution in [0.3, 0.4) is 0 Å². The molecule has 0 heterocycles. The summed E-state index contributed by atoms with van der Waals surface area (Å²) in [7, 11) is 1.53. The summed E-state index contributed by atoms with van der Waals surface area (Å²) in [5.74, 6) is 1.01. The van der Waals surface area contributed by atoms with E-state index in [1.807, 2.05) is 6.92 Å². The molecular weight excluding hydrogens is 254 g/mol. The highest BCUT2D eigenvalue weighted by Crippen LogP contribution is 2.27. The summed E-state index contributed by atoms with van der Waals surface area (Å²) in [5, 5.41) is 0. The highest BCUT2D eigenvalue weighted by Gasteiger charge is 2.15. The average molecular weight is 271 g/mol. The first-order valence-electron chi connectivity index (χ1n) is 6.36. The van der Waals surface area contributed by atoms with Crippen LogP contribution in [0.2, 0.25) is 0 Å². The molecule has 0 amide bonds. The van der Waals surface area contributed by atoms with Gasteiger partial charge in [-0.05, 0) is 37.3 Å². The van der Waals surface area contributed by atoms with Gasteiger partial charge in [0.15, 0.2) is 5.78 Å².